The first-order valence-corrected chi connectivity index (χ1v) is 8.59. The Morgan fingerprint density at radius 2 is 1.71 bits per heavy atom. The van der Waals surface area contributed by atoms with E-state index in [2.05, 4.69) is 45.2 Å². The van der Waals surface area contributed by atoms with E-state index in [1.165, 1.54) is 0 Å². The van der Waals surface area contributed by atoms with Gasteiger partial charge in [0.25, 0.3) is 0 Å². The molecule has 110 valence electrons. The SMILES string of the molecule is O=C(O)c1cc(I)c(OCc2ccc(Cl)c(Cl)c2)c(I)c1. The second-order valence-electron chi connectivity index (χ2n) is 4.11. The maximum absolute atomic E-state index is 11.0. The highest BCUT2D eigenvalue weighted by molar-refractivity contribution is 14.1. The molecule has 0 aliphatic heterocycles. The summed E-state index contributed by atoms with van der Waals surface area (Å²) in [7, 11) is 0. The molecule has 0 radical (unpaired) electrons. The number of hydrogen-bond acceptors (Lipinski definition) is 2. The molecular formula is C14H8Cl2I2O3. The first-order valence-electron chi connectivity index (χ1n) is 5.67. The average molecular weight is 549 g/mol. The first kappa shape index (κ1) is 17.1. The summed E-state index contributed by atoms with van der Waals surface area (Å²) in [4.78, 5) is 11.0. The Morgan fingerprint density at radius 1 is 1.10 bits per heavy atom. The van der Waals surface area contributed by atoms with Gasteiger partial charge in [-0.3, -0.25) is 0 Å². The number of ether oxygens (including phenoxy) is 1. The van der Waals surface area contributed by atoms with Crippen LogP contribution in [0.1, 0.15) is 15.9 Å². The van der Waals surface area contributed by atoms with Gasteiger partial charge in [0.2, 0.25) is 0 Å². The molecule has 0 spiro atoms. The van der Waals surface area contributed by atoms with Gasteiger partial charge in [-0.1, -0.05) is 29.3 Å². The number of halogens is 4. The summed E-state index contributed by atoms with van der Waals surface area (Å²) in [6, 6.07) is 8.45. The zero-order chi connectivity index (χ0) is 15.6. The van der Waals surface area contributed by atoms with Gasteiger partial charge in [0.15, 0.2) is 0 Å². The van der Waals surface area contributed by atoms with Gasteiger partial charge >= 0.3 is 5.97 Å². The largest absolute Gasteiger partial charge is 0.487 e. The molecule has 0 bridgehead atoms. The van der Waals surface area contributed by atoms with Crippen LogP contribution in [0.5, 0.6) is 5.75 Å². The summed E-state index contributed by atoms with van der Waals surface area (Å²) in [6.45, 7) is 0.329. The van der Waals surface area contributed by atoms with Gasteiger partial charge in [-0.05, 0) is 75.0 Å². The molecule has 2 rings (SSSR count). The zero-order valence-corrected chi connectivity index (χ0v) is 16.2. The van der Waals surface area contributed by atoms with Crippen molar-refractivity contribution in [1.82, 2.24) is 0 Å². The minimum Gasteiger partial charge on any atom is -0.487 e. The fourth-order valence-electron chi connectivity index (χ4n) is 1.61. The Balaban J connectivity index is 2.20. The standard InChI is InChI=1S/C14H8Cl2I2O3/c15-9-2-1-7(3-10(9)16)6-21-13-11(17)4-8(14(19)20)5-12(13)18/h1-5H,6H2,(H,19,20). The van der Waals surface area contributed by atoms with Gasteiger partial charge < -0.3 is 9.84 Å². The molecule has 0 heterocycles. The minimum atomic E-state index is -0.957. The summed E-state index contributed by atoms with van der Waals surface area (Å²) in [5.74, 6) is -0.297. The zero-order valence-electron chi connectivity index (χ0n) is 10.4. The lowest BCUT2D eigenvalue weighted by Gasteiger charge is -2.12. The van der Waals surface area contributed by atoms with Gasteiger partial charge in [-0.15, -0.1) is 0 Å². The van der Waals surface area contributed by atoms with Gasteiger partial charge in [0, 0.05) is 0 Å². The van der Waals surface area contributed by atoms with E-state index >= 15 is 0 Å². The van der Waals surface area contributed by atoms with Crippen LogP contribution in [0.15, 0.2) is 30.3 Å². The highest BCUT2D eigenvalue weighted by atomic mass is 127. The Bertz CT molecular complexity index is 682. The molecule has 2 aromatic carbocycles. The molecule has 0 atom stereocenters. The summed E-state index contributed by atoms with van der Waals surface area (Å²) < 4.78 is 7.27. The molecular weight excluding hydrogens is 541 g/mol. The van der Waals surface area contributed by atoms with Crippen LogP contribution < -0.4 is 4.74 Å². The van der Waals surface area contributed by atoms with E-state index in [1.54, 1.807) is 24.3 Å². The lowest BCUT2D eigenvalue weighted by Crippen LogP contribution is -2.03. The van der Waals surface area contributed by atoms with E-state index in [-0.39, 0.29) is 5.56 Å². The lowest BCUT2D eigenvalue weighted by molar-refractivity contribution is 0.0696. The Labute approximate surface area is 158 Å². The first-order chi connectivity index (χ1) is 9.88. The minimum absolute atomic E-state index is 0.241. The molecule has 3 nitrogen and oxygen atoms in total. The number of carboxylic acids is 1. The quantitative estimate of drug-likeness (QED) is 0.515. The van der Waals surface area contributed by atoms with Crippen molar-refractivity contribution in [1.29, 1.82) is 0 Å². The van der Waals surface area contributed by atoms with Crippen molar-refractivity contribution in [3.63, 3.8) is 0 Å². The third kappa shape index (κ3) is 4.37. The normalized spacial score (nSPS) is 10.5. The van der Waals surface area contributed by atoms with Crippen LogP contribution in [-0.4, -0.2) is 11.1 Å². The van der Waals surface area contributed by atoms with E-state index in [1.807, 2.05) is 6.07 Å². The third-order valence-corrected chi connectivity index (χ3v) is 4.95. The molecule has 1 N–H and O–H groups in total. The molecule has 0 amide bonds. The topological polar surface area (TPSA) is 46.5 Å². The van der Waals surface area contributed by atoms with Crippen molar-refractivity contribution >= 4 is 74.4 Å². The number of benzene rings is 2. The van der Waals surface area contributed by atoms with E-state index in [0.717, 1.165) is 12.7 Å². The molecule has 0 fully saturated rings. The molecule has 0 aliphatic carbocycles. The summed E-state index contributed by atoms with van der Waals surface area (Å²) in [5.41, 5.74) is 1.13. The highest BCUT2D eigenvalue weighted by Crippen LogP contribution is 2.30. The predicted octanol–water partition coefficient (Wildman–Crippen LogP) is 5.48. The maximum atomic E-state index is 11.0. The smallest absolute Gasteiger partial charge is 0.335 e. The van der Waals surface area contributed by atoms with Crippen molar-refractivity contribution in [3.05, 3.63) is 58.6 Å². The van der Waals surface area contributed by atoms with Crippen molar-refractivity contribution < 1.29 is 14.6 Å². The summed E-state index contributed by atoms with van der Waals surface area (Å²) in [5, 5.41) is 9.99. The predicted molar refractivity (Wildman–Crippen MR) is 99.6 cm³/mol. The summed E-state index contributed by atoms with van der Waals surface area (Å²) >= 11 is 15.9. The molecule has 0 saturated carbocycles. The maximum Gasteiger partial charge on any atom is 0.335 e. The van der Waals surface area contributed by atoms with Crippen LogP contribution in [0.2, 0.25) is 10.0 Å². The van der Waals surface area contributed by atoms with Crippen LogP contribution in [0.25, 0.3) is 0 Å². The molecule has 21 heavy (non-hydrogen) atoms. The molecule has 2 aromatic rings. The third-order valence-electron chi connectivity index (χ3n) is 2.61. The Morgan fingerprint density at radius 3 is 2.24 bits per heavy atom. The van der Waals surface area contributed by atoms with E-state index < -0.39 is 5.97 Å². The summed E-state index contributed by atoms with van der Waals surface area (Å²) in [6.07, 6.45) is 0. The van der Waals surface area contributed by atoms with Gasteiger partial charge in [0.1, 0.15) is 12.4 Å². The van der Waals surface area contributed by atoms with Crippen LogP contribution >= 0.6 is 68.4 Å². The van der Waals surface area contributed by atoms with Gasteiger partial charge in [-0.25, -0.2) is 4.79 Å². The molecule has 0 unspecified atom stereocenters. The Kier molecular flexibility index (Phi) is 5.98. The number of aromatic carboxylic acids is 1. The molecule has 7 heteroatoms. The molecule has 0 saturated heterocycles. The van der Waals surface area contributed by atoms with Crippen LogP contribution in [-0.2, 0) is 6.61 Å². The second kappa shape index (κ2) is 7.34. The number of carbonyl (C=O) groups is 1. The van der Waals surface area contributed by atoms with E-state index in [4.69, 9.17) is 33.0 Å². The van der Waals surface area contributed by atoms with Crippen LogP contribution in [0.3, 0.4) is 0 Å². The van der Waals surface area contributed by atoms with Crippen LogP contribution in [0, 0.1) is 7.14 Å². The number of rotatable bonds is 4. The molecule has 0 aromatic heterocycles. The van der Waals surface area contributed by atoms with E-state index in [0.29, 0.717) is 22.4 Å². The van der Waals surface area contributed by atoms with Crippen LogP contribution in [0.4, 0.5) is 0 Å². The van der Waals surface area contributed by atoms with Crippen molar-refractivity contribution in [2.75, 3.05) is 0 Å². The second-order valence-corrected chi connectivity index (χ2v) is 7.25. The monoisotopic (exact) mass is 548 g/mol. The number of hydrogen-bond donors (Lipinski definition) is 1. The van der Waals surface area contributed by atoms with E-state index in [9.17, 15) is 4.79 Å². The van der Waals surface area contributed by atoms with Crippen molar-refractivity contribution in [3.8, 4) is 5.75 Å². The fraction of sp³-hybridized carbons (Fsp3) is 0.0714. The average Bonchev–Trinajstić information content (AvgIpc) is 2.41. The lowest BCUT2D eigenvalue weighted by atomic mass is 10.2. The Hall–Kier alpha value is -0.250. The van der Waals surface area contributed by atoms with Crippen molar-refractivity contribution in [2.24, 2.45) is 0 Å². The van der Waals surface area contributed by atoms with Gasteiger partial charge in [-0.2, -0.15) is 0 Å². The fourth-order valence-corrected chi connectivity index (χ4v) is 4.01. The number of carboxylic acid groups (broad SMARTS) is 1. The van der Waals surface area contributed by atoms with Gasteiger partial charge in [0.05, 0.1) is 22.7 Å². The highest BCUT2D eigenvalue weighted by Gasteiger charge is 2.13. The van der Waals surface area contributed by atoms with Crippen molar-refractivity contribution in [2.45, 2.75) is 6.61 Å². The molecule has 0 aliphatic rings.